The summed E-state index contributed by atoms with van der Waals surface area (Å²) >= 11 is 1.14. The van der Waals surface area contributed by atoms with Crippen molar-refractivity contribution in [2.24, 2.45) is 12.8 Å². The largest absolute Gasteiger partial charge is 0.573 e. The summed E-state index contributed by atoms with van der Waals surface area (Å²) in [5.74, 6) is -1.27. The highest BCUT2D eigenvalue weighted by atomic mass is 32.1. The summed E-state index contributed by atoms with van der Waals surface area (Å²) in [5.41, 5.74) is 6.68. The number of fused-ring (bicyclic) bond motifs is 2. The van der Waals surface area contributed by atoms with Crippen LogP contribution in [0, 0.1) is 0 Å². The van der Waals surface area contributed by atoms with Crippen molar-refractivity contribution in [1.82, 2.24) is 19.9 Å². The molecule has 4 aromatic rings. The van der Waals surface area contributed by atoms with E-state index < -0.39 is 12.3 Å². The number of amides is 1. The maximum atomic E-state index is 12.4. The fraction of sp³-hybridized carbons (Fsp3) is 0.238. The first kappa shape index (κ1) is 25.7. The average molecular weight is 510 g/mol. The van der Waals surface area contributed by atoms with Crippen molar-refractivity contribution in [3.05, 3.63) is 42.0 Å². The Bertz CT molecular complexity index is 1380. The van der Waals surface area contributed by atoms with E-state index in [0.717, 1.165) is 16.9 Å². The predicted octanol–water partition coefficient (Wildman–Crippen LogP) is 3.60. The lowest BCUT2D eigenvalue weighted by Gasteiger charge is -2.07. The Hall–Kier alpha value is -3.91. The van der Waals surface area contributed by atoms with Gasteiger partial charge in [0.2, 0.25) is 11.9 Å². The van der Waals surface area contributed by atoms with E-state index in [1.165, 1.54) is 30.3 Å². The van der Waals surface area contributed by atoms with Crippen molar-refractivity contribution in [3.63, 3.8) is 0 Å². The van der Waals surface area contributed by atoms with Gasteiger partial charge in [-0.3, -0.25) is 4.79 Å². The van der Waals surface area contributed by atoms with E-state index in [2.05, 4.69) is 25.3 Å². The second kappa shape index (κ2) is 10.1. The minimum Gasteiger partial charge on any atom is -0.478 e. The number of primary amides is 1. The predicted molar refractivity (Wildman–Crippen MR) is 125 cm³/mol. The normalized spacial score (nSPS) is 12.2. The van der Waals surface area contributed by atoms with E-state index in [4.69, 9.17) is 10.8 Å². The van der Waals surface area contributed by atoms with Crippen LogP contribution in [0.1, 0.15) is 17.3 Å². The minimum absolute atomic E-state index is 0.120. The Balaban J connectivity index is 0.000000429. The topological polar surface area (TPSA) is 144 Å². The summed E-state index contributed by atoms with van der Waals surface area (Å²) in [6.45, 7) is 1.71. The van der Waals surface area contributed by atoms with E-state index >= 15 is 0 Å². The van der Waals surface area contributed by atoms with Gasteiger partial charge in [0, 0.05) is 13.1 Å². The Kier molecular flexibility index (Phi) is 7.45. The van der Waals surface area contributed by atoms with Gasteiger partial charge < -0.3 is 30.8 Å². The number of hydrogen-bond acceptors (Lipinski definition) is 8. The molecule has 2 heterocycles. The molecule has 186 valence electrons. The Morgan fingerprint density at radius 1 is 1.17 bits per heavy atom. The number of carboxylic acid groups (broad SMARTS) is 1. The number of anilines is 2. The SMILES string of the molecule is CNC(C)C(N)=O.Cn1c(Nc2nc3ccc(OC(F)(F)F)cc3s2)nc2cc(C(=O)O)ccc21. The van der Waals surface area contributed by atoms with Gasteiger partial charge in [0.05, 0.1) is 32.9 Å². The number of carboxylic acids is 1. The van der Waals surface area contributed by atoms with Gasteiger partial charge in [-0.25, -0.2) is 14.8 Å². The summed E-state index contributed by atoms with van der Waals surface area (Å²) < 4.78 is 43.2. The third-order valence-electron chi connectivity index (χ3n) is 4.80. The number of aromatic carboxylic acids is 1. The molecule has 0 aliphatic carbocycles. The number of nitrogens with one attached hydrogen (secondary N) is 2. The van der Waals surface area contributed by atoms with Gasteiger partial charge in [0.1, 0.15) is 5.75 Å². The summed E-state index contributed by atoms with van der Waals surface area (Å²) in [7, 11) is 3.44. The molecule has 4 rings (SSSR count). The summed E-state index contributed by atoms with van der Waals surface area (Å²) in [4.78, 5) is 29.9. The molecule has 1 atom stereocenters. The number of aromatic nitrogens is 3. The molecule has 14 heteroatoms. The molecule has 1 amide bonds. The van der Waals surface area contributed by atoms with E-state index in [-0.39, 0.29) is 23.3 Å². The first-order valence-electron chi connectivity index (χ1n) is 9.97. The van der Waals surface area contributed by atoms with Crippen molar-refractivity contribution in [3.8, 4) is 5.75 Å². The van der Waals surface area contributed by atoms with Crippen molar-refractivity contribution in [2.75, 3.05) is 12.4 Å². The first-order valence-corrected chi connectivity index (χ1v) is 10.8. The molecular weight excluding hydrogens is 489 g/mol. The molecule has 35 heavy (non-hydrogen) atoms. The third-order valence-corrected chi connectivity index (χ3v) is 5.73. The Labute approximate surface area is 200 Å². The van der Waals surface area contributed by atoms with Gasteiger partial charge in [0.25, 0.3) is 0 Å². The fourth-order valence-electron chi connectivity index (χ4n) is 2.84. The van der Waals surface area contributed by atoms with Crippen LogP contribution in [0.15, 0.2) is 36.4 Å². The molecule has 0 radical (unpaired) electrons. The van der Waals surface area contributed by atoms with Crippen molar-refractivity contribution < 1.29 is 32.6 Å². The number of benzene rings is 2. The number of nitrogens with two attached hydrogens (primary N) is 1. The molecule has 0 bridgehead atoms. The zero-order valence-corrected chi connectivity index (χ0v) is 19.5. The number of halogens is 3. The van der Waals surface area contributed by atoms with Crippen LogP contribution in [0.5, 0.6) is 5.75 Å². The highest BCUT2D eigenvalue weighted by Gasteiger charge is 2.31. The van der Waals surface area contributed by atoms with Gasteiger partial charge in [0.15, 0.2) is 5.13 Å². The Morgan fingerprint density at radius 2 is 1.89 bits per heavy atom. The number of ether oxygens (including phenoxy) is 1. The molecule has 0 aliphatic rings. The number of thiazole rings is 1. The summed E-state index contributed by atoms with van der Waals surface area (Å²) in [5, 5.41) is 15.2. The second-order valence-electron chi connectivity index (χ2n) is 7.24. The second-order valence-corrected chi connectivity index (χ2v) is 8.27. The maximum absolute atomic E-state index is 12.4. The lowest BCUT2D eigenvalue weighted by Crippen LogP contribution is -2.36. The quantitative estimate of drug-likeness (QED) is 0.308. The molecule has 0 saturated heterocycles. The number of carbonyl (C=O) groups excluding carboxylic acids is 1. The fourth-order valence-corrected chi connectivity index (χ4v) is 3.73. The molecular formula is C21H21F3N6O4S. The van der Waals surface area contributed by atoms with Crippen LogP contribution < -0.4 is 21.1 Å². The number of hydrogen-bond donors (Lipinski definition) is 4. The lowest BCUT2D eigenvalue weighted by molar-refractivity contribution is -0.274. The van der Waals surface area contributed by atoms with Gasteiger partial charge in [-0.05, 0) is 44.3 Å². The highest BCUT2D eigenvalue weighted by Crippen LogP contribution is 2.33. The molecule has 0 spiro atoms. The molecule has 10 nitrogen and oxygen atoms in total. The average Bonchev–Trinajstić information content (AvgIpc) is 3.31. The van der Waals surface area contributed by atoms with Crippen molar-refractivity contribution in [2.45, 2.75) is 19.3 Å². The zero-order valence-electron chi connectivity index (χ0n) is 18.7. The molecule has 0 fully saturated rings. The summed E-state index contributed by atoms with van der Waals surface area (Å²) in [6.07, 6.45) is -4.76. The zero-order chi connectivity index (χ0) is 25.9. The number of carbonyl (C=O) groups is 2. The van der Waals surface area contributed by atoms with Crippen molar-refractivity contribution >= 4 is 55.5 Å². The van der Waals surface area contributed by atoms with Crippen LogP contribution in [-0.2, 0) is 11.8 Å². The van der Waals surface area contributed by atoms with Crippen LogP contribution in [-0.4, -0.2) is 51.0 Å². The van der Waals surface area contributed by atoms with E-state index in [1.807, 2.05) is 0 Å². The van der Waals surface area contributed by atoms with Crippen molar-refractivity contribution in [1.29, 1.82) is 0 Å². The summed E-state index contributed by atoms with van der Waals surface area (Å²) in [6, 6.07) is 8.28. The lowest BCUT2D eigenvalue weighted by atomic mass is 10.2. The molecule has 0 aliphatic heterocycles. The maximum Gasteiger partial charge on any atom is 0.573 e. The number of imidazole rings is 1. The molecule has 2 aromatic carbocycles. The van der Waals surface area contributed by atoms with Crippen LogP contribution in [0.25, 0.3) is 21.3 Å². The molecule has 5 N–H and O–H groups in total. The van der Waals surface area contributed by atoms with E-state index in [1.54, 1.807) is 31.7 Å². The number of alkyl halides is 3. The van der Waals surface area contributed by atoms with Crippen LogP contribution in [0.2, 0.25) is 0 Å². The van der Waals surface area contributed by atoms with Gasteiger partial charge >= 0.3 is 12.3 Å². The van der Waals surface area contributed by atoms with Gasteiger partial charge in [-0.1, -0.05) is 11.3 Å². The number of likely N-dealkylation sites (N-methyl/N-ethyl adjacent to an activating group) is 1. The number of rotatable bonds is 6. The number of nitrogens with zero attached hydrogens (tertiary/aromatic N) is 3. The van der Waals surface area contributed by atoms with Gasteiger partial charge in [-0.15, -0.1) is 13.2 Å². The Morgan fingerprint density at radius 3 is 2.46 bits per heavy atom. The van der Waals surface area contributed by atoms with E-state index in [9.17, 15) is 22.8 Å². The minimum atomic E-state index is -4.76. The smallest absolute Gasteiger partial charge is 0.478 e. The van der Waals surface area contributed by atoms with Crippen LogP contribution in [0.3, 0.4) is 0 Å². The monoisotopic (exact) mass is 510 g/mol. The molecule has 0 saturated carbocycles. The molecule has 2 aromatic heterocycles. The van der Waals surface area contributed by atoms with Crippen LogP contribution >= 0.6 is 11.3 Å². The highest BCUT2D eigenvalue weighted by molar-refractivity contribution is 7.22. The van der Waals surface area contributed by atoms with Gasteiger partial charge in [-0.2, -0.15) is 0 Å². The van der Waals surface area contributed by atoms with E-state index in [0.29, 0.717) is 26.8 Å². The third kappa shape index (κ3) is 6.36. The first-order chi connectivity index (χ1) is 16.4. The van der Waals surface area contributed by atoms with Crippen LogP contribution in [0.4, 0.5) is 24.3 Å². The standard InChI is InChI=1S/C17H11F3N4O3S.C4H10N2O/c1-24-12-5-2-8(14(25)26)6-11(12)21-15(24)23-16-22-10-4-3-9(7-13(10)28-16)27-17(18,19)20;1-3(6-2)4(5)7/h2-7H,1H3,(H,25,26)(H,21,22,23);3,6H,1-2H3,(H2,5,7). The number of aryl methyl sites for hydroxylation is 1. The molecule has 1 unspecified atom stereocenters.